The van der Waals surface area contributed by atoms with E-state index in [4.69, 9.17) is 0 Å². The summed E-state index contributed by atoms with van der Waals surface area (Å²) in [4.78, 5) is 11.0. The molecule has 4 aromatic rings. The maximum absolute atomic E-state index is 4.56. The molecule has 0 aliphatic heterocycles. The van der Waals surface area contributed by atoms with E-state index >= 15 is 0 Å². The summed E-state index contributed by atoms with van der Waals surface area (Å²) >= 11 is 0. The van der Waals surface area contributed by atoms with Crippen molar-refractivity contribution in [2.24, 2.45) is 0 Å². The first-order valence-electron chi connectivity index (χ1n) is 5.26. The molecular weight excluding hydrogens is 198 g/mol. The Hall–Kier alpha value is -2.29. The molecule has 0 radical (unpaired) electrons. The van der Waals surface area contributed by atoms with E-state index in [-0.39, 0.29) is 0 Å². The molecule has 0 aliphatic carbocycles. The quantitative estimate of drug-likeness (QED) is 0.457. The van der Waals surface area contributed by atoms with Crippen LogP contribution in [-0.4, -0.2) is 15.0 Å². The molecule has 1 aromatic carbocycles. The molecule has 2 N–H and O–H groups in total. The Morgan fingerprint density at radius 1 is 0.938 bits per heavy atom. The van der Waals surface area contributed by atoms with E-state index in [9.17, 15) is 0 Å². The first-order valence-corrected chi connectivity index (χ1v) is 5.26. The Bertz CT molecular complexity index is 808. The van der Waals surface area contributed by atoms with Crippen molar-refractivity contribution in [3.8, 4) is 0 Å². The second kappa shape index (κ2) is 2.64. The molecule has 0 saturated carbocycles. The van der Waals surface area contributed by atoms with Crippen molar-refractivity contribution >= 4 is 33.0 Å². The van der Waals surface area contributed by atoms with Gasteiger partial charge >= 0.3 is 0 Å². The number of hydrogen-bond acceptors (Lipinski definition) is 1. The van der Waals surface area contributed by atoms with Gasteiger partial charge in [-0.2, -0.15) is 0 Å². The van der Waals surface area contributed by atoms with E-state index < -0.39 is 0 Å². The number of nitrogens with one attached hydrogen (secondary N) is 2. The van der Waals surface area contributed by atoms with Gasteiger partial charge in [-0.15, -0.1) is 0 Å². The summed E-state index contributed by atoms with van der Waals surface area (Å²) in [5.74, 6) is 0. The van der Waals surface area contributed by atoms with Gasteiger partial charge in [0.1, 0.15) is 11.3 Å². The number of H-pyrrole nitrogens is 2. The van der Waals surface area contributed by atoms with E-state index in [1.165, 1.54) is 10.8 Å². The Kier molecular flexibility index (Phi) is 1.31. The summed E-state index contributed by atoms with van der Waals surface area (Å²) in [7, 11) is 0. The summed E-state index contributed by atoms with van der Waals surface area (Å²) in [5.41, 5.74) is 3.01. The number of nitrogens with zero attached hydrogens (tertiary/aromatic N) is 1. The molecule has 0 aliphatic rings. The monoisotopic (exact) mass is 207 g/mol. The number of aromatic nitrogens is 3. The molecule has 0 bridgehead atoms. The lowest BCUT2D eigenvalue weighted by Crippen LogP contribution is -1.77. The van der Waals surface area contributed by atoms with Gasteiger partial charge in [0.25, 0.3) is 0 Å². The van der Waals surface area contributed by atoms with Crippen molar-refractivity contribution in [1.82, 2.24) is 15.0 Å². The van der Waals surface area contributed by atoms with Crippen LogP contribution < -0.4 is 0 Å². The zero-order chi connectivity index (χ0) is 10.5. The van der Waals surface area contributed by atoms with Gasteiger partial charge in [-0.25, -0.2) is 4.98 Å². The number of para-hydroxylation sites is 1. The second-order valence-corrected chi connectivity index (χ2v) is 3.97. The van der Waals surface area contributed by atoms with Crippen LogP contribution in [0, 0.1) is 0 Å². The Morgan fingerprint density at radius 3 is 2.88 bits per heavy atom. The van der Waals surface area contributed by atoms with Gasteiger partial charge in [0.2, 0.25) is 0 Å². The van der Waals surface area contributed by atoms with Gasteiger partial charge in [-0.1, -0.05) is 18.2 Å². The molecule has 76 valence electrons. The number of benzene rings is 1. The van der Waals surface area contributed by atoms with Crippen LogP contribution in [0.3, 0.4) is 0 Å². The third-order valence-corrected chi connectivity index (χ3v) is 3.01. The van der Waals surface area contributed by atoms with E-state index in [0.717, 1.165) is 22.2 Å². The molecule has 3 aromatic heterocycles. The summed E-state index contributed by atoms with van der Waals surface area (Å²) in [6.07, 6.45) is 1.92. The highest BCUT2D eigenvalue weighted by Gasteiger charge is 2.06. The molecule has 4 rings (SSSR count). The third kappa shape index (κ3) is 0.896. The standard InChI is InChI=1S/C13H9N3/c1-2-4-11-9(3-1)10-7-8-5-6-14-12(8)16-13(10)15-11/h1-7H,(H2,14,15,16). The molecular formula is C13H9N3. The van der Waals surface area contributed by atoms with Crippen LogP contribution in [0.2, 0.25) is 0 Å². The molecule has 3 nitrogen and oxygen atoms in total. The molecule has 0 unspecified atom stereocenters. The number of aromatic amines is 2. The molecule has 0 fully saturated rings. The molecule has 3 heteroatoms. The average molecular weight is 207 g/mol. The van der Waals surface area contributed by atoms with Gasteiger partial charge < -0.3 is 9.97 Å². The summed E-state index contributed by atoms with van der Waals surface area (Å²) < 4.78 is 0. The maximum atomic E-state index is 4.56. The molecule has 3 heterocycles. The fourth-order valence-electron chi connectivity index (χ4n) is 2.24. The van der Waals surface area contributed by atoms with Gasteiger partial charge in [0, 0.05) is 27.9 Å². The minimum atomic E-state index is 0.930. The number of fused-ring (bicyclic) bond motifs is 4. The predicted octanol–water partition coefficient (Wildman–Crippen LogP) is 3.20. The fraction of sp³-hybridized carbons (Fsp3) is 0. The number of rotatable bonds is 0. The van der Waals surface area contributed by atoms with Crippen LogP contribution in [0.5, 0.6) is 0 Å². The van der Waals surface area contributed by atoms with Crippen molar-refractivity contribution in [1.29, 1.82) is 0 Å². The Morgan fingerprint density at radius 2 is 1.88 bits per heavy atom. The molecule has 16 heavy (non-hydrogen) atoms. The zero-order valence-corrected chi connectivity index (χ0v) is 8.49. The highest BCUT2D eigenvalue weighted by Crippen LogP contribution is 2.26. The number of pyridine rings is 1. The van der Waals surface area contributed by atoms with Crippen molar-refractivity contribution in [3.05, 3.63) is 42.6 Å². The van der Waals surface area contributed by atoms with Crippen molar-refractivity contribution in [3.63, 3.8) is 0 Å². The lowest BCUT2D eigenvalue weighted by Gasteiger charge is -1.91. The highest BCUT2D eigenvalue weighted by atomic mass is 14.9. The van der Waals surface area contributed by atoms with Crippen molar-refractivity contribution < 1.29 is 0 Å². The van der Waals surface area contributed by atoms with Crippen LogP contribution in [0.4, 0.5) is 0 Å². The summed E-state index contributed by atoms with van der Waals surface area (Å²) in [5, 5.41) is 3.56. The summed E-state index contributed by atoms with van der Waals surface area (Å²) in [6.45, 7) is 0. The molecule has 0 atom stereocenters. The van der Waals surface area contributed by atoms with Crippen LogP contribution >= 0.6 is 0 Å². The van der Waals surface area contributed by atoms with Gasteiger partial charge in [0.05, 0.1) is 0 Å². The molecule has 0 saturated heterocycles. The third-order valence-electron chi connectivity index (χ3n) is 3.01. The maximum Gasteiger partial charge on any atom is 0.140 e. The first-order chi connectivity index (χ1) is 7.92. The van der Waals surface area contributed by atoms with E-state index in [1.807, 2.05) is 18.3 Å². The molecule has 0 spiro atoms. The normalized spacial score (nSPS) is 11.8. The second-order valence-electron chi connectivity index (χ2n) is 3.97. The van der Waals surface area contributed by atoms with Crippen molar-refractivity contribution in [2.45, 2.75) is 0 Å². The number of hydrogen-bond donors (Lipinski definition) is 2. The average Bonchev–Trinajstić information content (AvgIpc) is 2.88. The SMILES string of the molecule is c1ccc2c(c1)[nH]c1nc3[nH]ccc3cc12. The summed E-state index contributed by atoms with van der Waals surface area (Å²) in [6, 6.07) is 12.5. The van der Waals surface area contributed by atoms with Gasteiger partial charge in [-0.05, 0) is 18.2 Å². The van der Waals surface area contributed by atoms with Crippen LogP contribution in [0.25, 0.3) is 33.0 Å². The minimum Gasteiger partial charge on any atom is -0.346 e. The van der Waals surface area contributed by atoms with E-state index in [1.54, 1.807) is 0 Å². The Balaban J connectivity index is 2.32. The van der Waals surface area contributed by atoms with Crippen molar-refractivity contribution in [2.75, 3.05) is 0 Å². The molecule has 0 amide bonds. The zero-order valence-electron chi connectivity index (χ0n) is 8.49. The lowest BCUT2D eigenvalue weighted by atomic mass is 10.2. The van der Waals surface area contributed by atoms with Gasteiger partial charge in [0.15, 0.2) is 0 Å². The van der Waals surface area contributed by atoms with Crippen LogP contribution in [0.15, 0.2) is 42.6 Å². The van der Waals surface area contributed by atoms with E-state index in [2.05, 4.69) is 39.2 Å². The predicted molar refractivity (Wildman–Crippen MR) is 65.5 cm³/mol. The Labute approximate surface area is 91.1 Å². The largest absolute Gasteiger partial charge is 0.346 e. The lowest BCUT2D eigenvalue weighted by molar-refractivity contribution is 1.34. The highest BCUT2D eigenvalue weighted by molar-refractivity contribution is 6.08. The van der Waals surface area contributed by atoms with Crippen LogP contribution in [-0.2, 0) is 0 Å². The van der Waals surface area contributed by atoms with Crippen LogP contribution in [0.1, 0.15) is 0 Å². The van der Waals surface area contributed by atoms with E-state index in [0.29, 0.717) is 0 Å². The first kappa shape index (κ1) is 7.93. The minimum absolute atomic E-state index is 0.930. The topological polar surface area (TPSA) is 44.5 Å². The smallest absolute Gasteiger partial charge is 0.140 e. The van der Waals surface area contributed by atoms with Gasteiger partial charge in [-0.3, -0.25) is 0 Å². The fourth-order valence-corrected chi connectivity index (χ4v) is 2.24.